The number of thioether (sulfide) groups is 1. The molecule has 6 atom stereocenters. The number of oxime groups is 1. The van der Waals surface area contributed by atoms with E-state index < -0.39 is 28.8 Å². The Morgan fingerprint density at radius 2 is 1.58 bits per heavy atom. The number of fused-ring (bicyclic) bond motifs is 3. The Bertz CT molecular complexity index is 3000. The summed E-state index contributed by atoms with van der Waals surface area (Å²) in [5.41, 5.74) is 4.86. The second-order valence-electron chi connectivity index (χ2n) is 19.7. The van der Waals surface area contributed by atoms with Crippen LogP contribution in [0.2, 0.25) is 0 Å². The van der Waals surface area contributed by atoms with Gasteiger partial charge in [0, 0.05) is 48.1 Å². The van der Waals surface area contributed by atoms with E-state index in [1.54, 1.807) is 34.9 Å². The number of amides is 1. The van der Waals surface area contributed by atoms with Gasteiger partial charge in [-0.3, -0.25) is 15.0 Å². The summed E-state index contributed by atoms with van der Waals surface area (Å²) in [7, 11) is 0. The smallest absolute Gasteiger partial charge is 0.410 e. The molecular formula is C62H67N3O11S. The zero-order valence-electron chi connectivity index (χ0n) is 43.5. The third-order valence-corrected chi connectivity index (χ3v) is 15.6. The van der Waals surface area contributed by atoms with Gasteiger partial charge in [-0.15, -0.1) is 18.3 Å². The molecule has 0 aromatic heterocycles. The van der Waals surface area contributed by atoms with Crippen molar-refractivity contribution in [2.75, 3.05) is 39.3 Å². The minimum atomic E-state index is -1.58. The summed E-state index contributed by atoms with van der Waals surface area (Å²) in [6.07, 6.45) is 9.76. The number of rotatable bonds is 26. The Kier molecular flexibility index (Phi) is 18.8. The fourth-order valence-electron chi connectivity index (χ4n) is 11.3. The van der Waals surface area contributed by atoms with Crippen LogP contribution in [-0.4, -0.2) is 83.0 Å². The maximum atomic E-state index is 15.4. The van der Waals surface area contributed by atoms with Crippen LogP contribution >= 0.6 is 11.8 Å². The van der Waals surface area contributed by atoms with Crippen LogP contribution in [0, 0.1) is 27.9 Å². The molecule has 3 aliphatic rings. The highest BCUT2D eigenvalue weighted by molar-refractivity contribution is 7.98. The van der Waals surface area contributed by atoms with Crippen LogP contribution in [0.3, 0.4) is 0 Å². The SMILES string of the molecule is C=CCOC12Oc3ccc(Oc4ccc(SC)cc4)cc3C3C(CCCCO)C(CCCCO)C=C(C(=NOCc4ccc([N+](=O)[O-])cc4)CC1N(Cc1cccc4ccccc14)C(=O)OCCOCc1ccccc1)C32. The molecule has 6 aromatic carbocycles. The van der Waals surface area contributed by atoms with Crippen LogP contribution in [0.1, 0.15) is 73.1 Å². The van der Waals surface area contributed by atoms with E-state index in [9.17, 15) is 20.3 Å². The second kappa shape index (κ2) is 26.4. The molecule has 1 heterocycles. The largest absolute Gasteiger partial charge is 0.459 e. The lowest BCUT2D eigenvalue weighted by molar-refractivity contribution is -0.384. The van der Waals surface area contributed by atoms with Crippen molar-refractivity contribution in [1.29, 1.82) is 0 Å². The number of aliphatic hydroxyl groups excluding tert-OH is 2. The van der Waals surface area contributed by atoms with E-state index in [4.69, 9.17) is 33.7 Å². The fourth-order valence-corrected chi connectivity index (χ4v) is 11.7. The first-order valence-electron chi connectivity index (χ1n) is 26.5. The summed E-state index contributed by atoms with van der Waals surface area (Å²) in [5, 5.41) is 38.8. The highest BCUT2D eigenvalue weighted by Gasteiger charge is 2.66. The molecule has 6 unspecified atom stereocenters. The molecule has 9 rings (SSSR count). The lowest BCUT2D eigenvalue weighted by Gasteiger charge is -2.59. The van der Waals surface area contributed by atoms with Crippen molar-refractivity contribution in [2.24, 2.45) is 22.9 Å². The molecule has 0 radical (unpaired) electrons. The summed E-state index contributed by atoms with van der Waals surface area (Å²) in [5.74, 6) is -0.703. The number of nitro groups is 1. The molecule has 0 spiro atoms. The van der Waals surface area contributed by atoms with Crippen molar-refractivity contribution in [2.45, 2.75) is 87.3 Å². The summed E-state index contributed by atoms with van der Waals surface area (Å²) < 4.78 is 33.7. The summed E-state index contributed by atoms with van der Waals surface area (Å²) in [6.45, 7) is 4.86. The first-order valence-corrected chi connectivity index (χ1v) is 27.7. The number of ether oxygens (including phenoxy) is 5. The van der Waals surface area contributed by atoms with Crippen molar-refractivity contribution in [3.8, 4) is 17.2 Å². The number of nitro benzene ring substituents is 1. The van der Waals surface area contributed by atoms with Gasteiger partial charge >= 0.3 is 6.09 Å². The first kappa shape index (κ1) is 54.8. The number of unbranched alkanes of at least 4 members (excludes halogenated alkanes) is 2. The predicted octanol–water partition coefficient (Wildman–Crippen LogP) is 13.0. The van der Waals surface area contributed by atoms with E-state index in [2.05, 4.69) is 18.7 Å². The van der Waals surface area contributed by atoms with Crippen molar-refractivity contribution >= 4 is 40.0 Å². The van der Waals surface area contributed by atoms with Crippen molar-refractivity contribution < 1.29 is 48.5 Å². The first-order chi connectivity index (χ1) is 37.7. The molecule has 1 amide bonds. The number of non-ortho nitro benzene ring substituents is 1. The summed E-state index contributed by atoms with van der Waals surface area (Å²) in [4.78, 5) is 35.6. The Labute approximate surface area is 454 Å². The number of carbonyl (C=O) groups excluding carboxylic acids is 1. The number of hydrogen-bond donors (Lipinski definition) is 2. The zero-order chi connectivity index (χ0) is 53.6. The molecule has 77 heavy (non-hydrogen) atoms. The highest BCUT2D eigenvalue weighted by atomic mass is 32.2. The standard InChI is InChI=1S/C62H67N3O11S/c1-3-34-73-62-58(64(40-47-19-13-18-45-16-7-8-20-52(45)47)61(68)72-36-35-71-41-43-14-5-4-6-15-43)39-56(63-74-42-44-22-24-48(25-23-44)65(69)70)54-37-46(17-9-11-32-66)53(21-10-12-33-67)59(60(54)62)55-38-50(28-31-57(55)76-62)75-49-26-29-51(77-2)30-27-49/h3-8,13-16,18-20,22-31,37-38,46,53,58-60,66-67H,1,9-12,17,21,32-36,39-42H2,2H3. The number of nitrogens with zero attached hydrogens (tertiary/aromatic N) is 3. The normalized spacial score (nSPS) is 20.8. The molecule has 1 fully saturated rings. The molecule has 0 bridgehead atoms. The monoisotopic (exact) mass is 1060 g/mol. The summed E-state index contributed by atoms with van der Waals surface area (Å²) in [6, 6.07) is 43.1. The van der Waals surface area contributed by atoms with Crippen LogP contribution in [0.15, 0.2) is 174 Å². The number of hydrogen-bond acceptors (Lipinski definition) is 13. The van der Waals surface area contributed by atoms with Gasteiger partial charge in [-0.2, -0.15) is 0 Å². The second-order valence-corrected chi connectivity index (χ2v) is 20.5. The topological polar surface area (TPSA) is 172 Å². The van der Waals surface area contributed by atoms with Gasteiger partial charge in [-0.1, -0.05) is 103 Å². The van der Waals surface area contributed by atoms with Crippen molar-refractivity contribution in [3.63, 3.8) is 0 Å². The molecule has 6 aromatic rings. The molecule has 2 aliphatic carbocycles. The molecule has 1 saturated carbocycles. The van der Waals surface area contributed by atoms with E-state index in [0.717, 1.165) is 63.6 Å². The van der Waals surface area contributed by atoms with Gasteiger partial charge in [-0.25, -0.2) is 4.79 Å². The van der Waals surface area contributed by atoms with Crippen LogP contribution in [0.25, 0.3) is 10.8 Å². The average molecular weight is 1060 g/mol. The van der Waals surface area contributed by atoms with E-state index in [1.165, 1.54) is 12.1 Å². The number of allylic oxidation sites excluding steroid dienone is 1. The van der Waals surface area contributed by atoms with Gasteiger partial charge in [0.15, 0.2) is 0 Å². The molecule has 15 heteroatoms. The highest BCUT2D eigenvalue weighted by Crippen LogP contribution is 2.62. The van der Waals surface area contributed by atoms with Gasteiger partial charge in [0.25, 0.3) is 5.69 Å². The van der Waals surface area contributed by atoms with Gasteiger partial charge in [0.2, 0.25) is 5.79 Å². The number of benzene rings is 6. The lowest BCUT2D eigenvalue weighted by atomic mass is 9.55. The van der Waals surface area contributed by atoms with E-state index in [0.29, 0.717) is 48.0 Å². The summed E-state index contributed by atoms with van der Waals surface area (Å²) >= 11 is 1.65. The minimum absolute atomic E-state index is 0.0120. The Hall–Kier alpha value is -7.01. The van der Waals surface area contributed by atoms with Gasteiger partial charge in [0.1, 0.15) is 36.5 Å². The van der Waals surface area contributed by atoms with Crippen LogP contribution in [-0.2, 0) is 38.8 Å². The van der Waals surface area contributed by atoms with Crippen LogP contribution in [0.4, 0.5) is 10.5 Å². The van der Waals surface area contributed by atoms with Gasteiger partial charge in [0.05, 0.1) is 42.9 Å². The molecule has 402 valence electrons. The van der Waals surface area contributed by atoms with E-state index in [1.807, 2.05) is 115 Å². The predicted molar refractivity (Wildman–Crippen MR) is 298 cm³/mol. The molecule has 0 saturated heterocycles. The van der Waals surface area contributed by atoms with Crippen molar-refractivity contribution in [3.05, 3.63) is 196 Å². The Balaban J connectivity index is 1.21. The van der Waals surface area contributed by atoms with Crippen molar-refractivity contribution in [1.82, 2.24) is 4.90 Å². The third kappa shape index (κ3) is 12.9. The maximum Gasteiger partial charge on any atom is 0.410 e. The van der Waals surface area contributed by atoms with Crippen LogP contribution in [0.5, 0.6) is 17.2 Å². The zero-order valence-corrected chi connectivity index (χ0v) is 44.3. The van der Waals surface area contributed by atoms with Gasteiger partial charge < -0.3 is 38.7 Å². The molecule has 1 aliphatic heterocycles. The minimum Gasteiger partial charge on any atom is -0.459 e. The molecule has 2 N–H and O–H groups in total. The lowest BCUT2D eigenvalue weighted by Crippen LogP contribution is -2.70. The fraction of sp³-hybridized carbons (Fsp3) is 0.355. The Morgan fingerprint density at radius 1 is 0.857 bits per heavy atom. The van der Waals surface area contributed by atoms with E-state index >= 15 is 4.79 Å². The maximum absolute atomic E-state index is 15.4. The average Bonchev–Trinajstić information content (AvgIpc) is 3.53. The molecular weight excluding hydrogens is 995 g/mol. The van der Waals surface area contributed by atoms with E-state index in [-0.39, 0.29) is 76.0 Å². The van der Waals surface area contributed by atoms with Crippen LogP contribution < -0.4 is 9.47 Å². The third-order valence-electron chi connectivity index (χ3n) is 14.9. The van der Waals surface area contributed by atoms with Gasteiger partial charge in [-0.05, 0) is 131 Å². The number of carbonyl (C=O) groups is 1. The number of aliphatic hydroxyl groups is 2. The quantitative estimate of drug-likeness (QED) is 0.0173. The molecule has 14 nitrogen and oxygen atoms in total. The Morgan fingerprint density at radius 3 is 2.34 bits per heavy atom.